The van der Waals surface area contributed by atoms with Gasteiger partial charge in [-0.15, -0.1) is 11.6 Å². The lowest BCUT2D eigenvalue weighted by molar-refractivity contribution is -0.122. The molecule has 92 valence electrons. The molecule has 0 aliphatic heterocycles. The molecule has 3 heteroatoms. The van der Waals surface area contributed by atoms with Crippen molar-refractivity contribution in [3.63, 3.8) is 0 Å². The summed E-state index contributed by atoms with van der Waals surface area (Å²) >= 11 is 5.60. The summed E-state index contributed by atoms with van der Waals surface area (Å²) in [5.74, 6) is 2.90. The second-order valence-electron chi connectivity index (χ2n) is 5.18. The molecule has 16 heavy (non-hydrogen) atoms. The van der Waals surface area contributed by atoms with E-state index in [1.54, 1.807) is 0 Å². The van der Waals surface area contributed by atoms with Crippen LogP contribution in [0.5, 0.6) is 0 Å². The van der Waals surface area contributed by atoms with Gasteiger partial charge >= 0.3 is 0 Å². The number of carbonyl (C=O) groups is 1. The molecule has 0 aromatic rings. The minimum absolute atomic E-state index is 0.322. The van der Waals surface area contributed by atoms with Crippen LogP contribution in [0.25, 0.3) is 0 Å². The Morgan fingerprint density at radius 2 is 1.81 bits per heavy atom. The van der Waals surface area contributed by atoms with E-state index in [-0.39, 0.29) is 0 Å². The normalized spacial score (nSPS) is 31.9. The van der Waals surface area contributed by atoms with Crippen LogP contribution in [0.1, 0.15) is 44.9 Å². The van der Waals surface area contributed by atoms with Gasteiger partial charge in [-0.05, 0) is 37.5 Å². The molecule has 0 spiro atoms. The lowest BCUT2D eigenvalue weighted by Crippen LogP contribution is -2.27. The molecule has 0 saturated heterocycles. The molecule has 2 nitrogen and oxygen atoms in total. The first-order valence-corrected chi connectivity index (χ1v) is 7.21. The zero-order chi connectivity index (χ0) is 11.4. The predicted molar refractivity (Wildman–Crippen MR) is 66.5 cm³/mol. The summed E-state index contributed by atoms with van der Waals surface area (Å²) in [6.07, 6.45) is 8.50. The highest BCUT2D eigenvalue weighted by molar-refractivity contribution is 6.17. The van der Waals surface area contributed by atoms with Gasteiger partial charge in [0.2, 0.25) is 5.91 Å². The van der Waals surface area contributed by atoms with Gasteiger partial charge in [0.15, 0.2) is 0 Å². The van der Waals surface area contributed by atoms with Crippen LogP contribution < -0.4 is 5.32 Å². The first-order valence-electron chi connectivity index (χ1n) is 6.68. The van der Waals surface area contributed by atoms with Gasteiger partial charge in [0.1, 0.15) is 0 Å². The number of rotatable bonds is 6. The minimum Gasteiger partial charge on any atom is -0.356 e. The third-order valence-electron chi connectivity index (χ3n) is 4.07. The molecular formula is C13H22ClNO. The summed E-state index contributed by atoms with van der Waals surface area (Å²) in [4.78, 5) is 11.9. The van der Waals surface area contributed by atoms with Gasteiger partial charge in [-0.1, -0.05) is 19.3 Å². The van der Waals surface area contributed by atoms with Gasteiger partial charge < -0.3 is 5.32 Å². The average molecular weight is 244 g/mol. The fraction of sp³-hybridized carbons (Fsp3) is 0.923. The van der Waals surface area contributed by atoms with Crippen LogP contribution in [0.2, 0.25) is 0 Å². The molecule has 2 fully saturated rings. The van der Waals surface area contributed by atoms with Crippen molar-refractivity contribution in [1.82, 2.24) is 5.32 Å². The van der Waals surface area contributed by atoms with E-state index in [9.17, 15) is 4.79 Å². The largest absolute Gasteiger partial charge is 0.356 e. The van der Waals surface area contributed by atoms with Crippen molar-refractivity contribution in [2.75, 3.05) is 12.4 Å². The van der Waals surface area contributed by atoms with Gasteiger partial charge in [0, 0.05) is 18.3 Å². The van der Waals surface area contributed by atoms with Crippen molar-refractivity contribution in [3.8, 4) is 0 Å². The summed E-state index contributed by atoms with van der Waals surface area (Å²) in [6, 6.07) is 0. The summed E-state index contributed by atoms with van der Waals surface area (Å²) in [7, 11) is 0. The van der Waals surface area contributed by atoms with E-state index >= 15 is 0 Å². The van der Waals surface area contributed by atoms with Crippen LogP contribution >= 0.6 is 11.6 Å². The number of amides is 1. The Hall–Kier alpha value is -0.240. The number of hydrogen-bond acceptors (Lipinski definition) is 1. The van der Waals surface area contributed by atoms with Crippen molar-refractivity contribution >= 4 is 17.5 Å². The molecule has 0 bridgehead atoms. The lowest BCUT2D eigenvalue weighted by atomic mass is 10.0. The Morgan fingerprint density at radius 3 is 2.44 bits per heavy atom. The highest BCUT2D eigenvalue weighted by atomic mass is 35.5. The highest BCUT2D eigenvalue weighted by Gasteiger charge is 2.54. The van der Waals surface area contributed by atoms with E-state index < -0.39 is 0 Å². The number of nitrogens with one attached hydrogen (secondary N) is 1. The predicted octanol–water partition coefficient (Wildman–Crippen LogP) is 2.95. The Labute approximate surface area is 103 Å². The van der Waals surface area contributed by atoms with Crippen molar-refractivity contribution < 1.29 is 4.79 Å². The molecule has 0 aromatic carbocycles. The molecule has 1 amide bonds. The maximum Gasteiger partial charge on any atom is 0.223 e. The molecule has 1 N–H and O–H groups in total. The molecule has 2 unspecified atom stereocenters. The minimum atomic E-state index is 0.322. The molecule has 2 aliphatic carbocycles. The SMILES string of the molecule is O=C(NCCCCCCl)C1C2CCCCC21. The van der Waals surface area contributed by atoms with Crippen molar-refractivity contribution in [2.24, 2.45) is 17.8 Å². The maximum atomic E-state index is 11.9. The second kappa shape index (κ2) is 5.90. The number of alkyl halides is 1. The topological polar surface area (TPSA) is 29.1 Å². The molecule has 2 saturated carbocycles. The maximum absolute atomic E-state index is 11.9. The standard InChI is InChI=1S/C13H22ClNO/c14-8-4-1-5-9-15-13(16)12-10-6-2-3-7-11(10)12/h10-12H,1-9H2,(H,15,16). The Kier molecular flexibility index (Phi) is 4.51. The van der Waals surface area contributed by atoms with E-state index in [4.69, 9.17) is 11.6 Å². The van der Waals surface area contributed by atoms with Crippen LogP contribution in [0.15, 0.2) is 0 Å². The third kappa shape index (κ3) is 2.91. The Balaban J connectivity index is 1.58. The molecule has 0 heterocycles. The van der Waals surface area contributed by atoms with E-state index in [0.717, 1.165) is 43.5 Å². The number of fused-ring (bicyclic) bond motifs is 1. The summed E-state index contributed by atoms with van der Waals surface area (Å²) in [6.45, 7) is 0.839. The van der Waals surface area contributed by atoms with Crippen LogP contribution in [-0.2, 0) is 4.79 Å². The van der Waals surface area contributed by atoms with Crippen LogP contribution in [0.4, 0.5) is 0 Å². The summed E-state index contributed by atoms with van der Waals surface area (Å²) < 4.78 is 0. The second-order valence-corrected chi connectivity index (χ2v) is 5.56. The van der Waals surface area contributed by atoms with Crippen molar-refractivity contribution in [2.45, 2.75) is 44.9 Å². The number of unbranched alkanes of at least 4 members (excludes halogenated alkanes) is 2. The first kappa shape index (κ1) is 12.2. The average Bonchev–Trinajstić information content (AvgIpc) is 3.02. The van der Waals surface area contributed by atoms with Crippen molar-refractivity contribution in [1.29, 1.82) is 0 Å². The highest BCUT2D eigenvalue weighted by Crippen LogP contribution is 2.55. The van der Waals surface area contributed by atoms with Gasteiger partial charge in [-0.3, -0.25) is 4.79 Å². The van der Waals surface area contributed by atoms with Crippen LogP contribution in [0.3, 0.4) is 0 Å². The smallest absolute Gasteiger partial charge is 0.223 e. The quantitative estimate of drug-likeness (QED) is 0.564. The summed E-state index contributed by atoms with van der Waals surface area (Å²) in [5, 5.41) is 3.08. The van der Waals surface area contributed by atoms with Gasteiger partial charge in [0.25, 0.3) is 0 Å². The molecule has 2 atom stereocenters. The Morgan fingerprint density at radius 1 is 1.12 bits per heavy atom. The van der Waals surface area contributed by atoms with E-state index in [1.165, 1.54) is 25.7 Å². The lowest BCUT2D eigenvalue weighted by Gasteiger charge is -2.04. The Bertz CT molecular complexity index is 232. The first-order chi connectivity index (χ1) is 7.84. The number of hydrogen-bond donors (Lipinski definition) is 1. The molecule has 2 rings (SSSR count). The molecule has 2 aliphatic rings. The third-order valence-corrected chi connectivity index (χ3v) is 4.34. The van der Waals surface area contributed by atoms with E-state index in [0.29, 0.717) is 11.8 Å². The summed E-state index contributed by atoms with van der Waals surface area (Å²) in [5.41, 5.74) is 0. The number of carbonyl (C=O) groups excluding carboxylic acids is 1. The zero-order valence-electron chi connectivity index (χ0n) is 9.88. The number of halogens is 1. The fourth-order valence-corrected chi connectivity index (χ4v) is 3.30. The molecule has 0 aromatic heterocycles. The van der Waals surface area contributed by atoms with E-state index in [1.807, 2.05) is 0 Å². The zero-order valence-corrected chi connectivity index (χ0v) is 10.6. The fourth-order valence-electron chi connectivity index (χ4n) is 3.11. The van der Waals surface area contributed by atoms with Gasteiger partial charge in [-0.25, -0.2) is 0 Å². The van der Waals surface area contributed by atoms with E-state index in [2.05, 4.69) is 5.32 Å². The van der Waals surface area contributed by atoms with Crippen LogP contribution in [0, 0.1) is 17.8 Å². The van der Waals surface area contributed by atoms with Crippen LogP contribution in [-0.4, -0.2) is 18.3 Å². The van der Waals surface area contributed by atoms with Crippen molar-refractivity contribution in [3.05, 3.63) is 0 Å². The monoisotopic (exact) mass is 243 g/mol. The molecule has 0 radical (unpaired) electrons. The molecular weight excluding hydrogens is 222 g/mol. The van der Waals surface area contributed by atoms with Gasteiger partial charge in [-0.2, -0.15) is 0 Å². The van der Waals surface area contributed by atoms with Gasteiger partial charge in [0.05, 0.1) is 0 Å².